The van der Waals surface area contributed by atoms with E-state index in [1.54, 1.807) is 0 Å². The van der Waals surface area contributed by atoms with Crippen LogP contribution < -0.4 is 5.32 Å². The van der Waals surface area contributed by atoms with E-state index in [9.17, 15) is 4.79 Å². The Hall–Kier alpha value is -0.570. The van der Waals surface area contributed by atoms with Gasteiger partial charge in [0.25, 0.3) is 0 Å². The Morgan fingerprint density at radius 3 is 2.67 bits per heavy atom. The third-order valence-electron chi connectivity index (χ3n) is 1.48. The number of hydrogen-bond donors (Lipinski definition) is 1. The topological polar surface area (TPSA) is 38.3 Å². The van der Waals surface area contributed by atoms with Crippen LogP contribution in [0.3, 0.4) is 0 Å². The van der Waals surface area contributed by atoms with E-state index in [0.717, 1.165) is 19.3 Å². The van der Waals surface area contributed by atoms with Gasteiger partial charge in [-0.2, -0.15) is 0 Å². The fourth-order valence-electron chi connectivity index (χ4n) is 0.774. The minimum absolute atomic E-state index is 0.0907. The SMILES string of the molecule is CCCCC(=O)NCOCCC. The molecule has 0 aliphatic rings. The molecule has 0 aliphatic heterocycles. The molecule has 0 rings (SSSR count). The molecule has 3 nitrogen and oxygen atoms in total. The molecule has 12 heavy (non-hydrogen) atoms. The lowest BCUT2D eigenvalue weighted by atomic mass is 10.2. The van der Waals surface area contributed by atoms with Crippen molar-refractivity contribution in [2.24, 2.45) is 0 Å². The highest BCUT2D eigenvalue weighted by Crippen LogP contribution is 1.92. The van der Waals surface area contributed by atoms with Crippen LogP contribution in [-0.2, 0) is 9.53 Å². The molecule has 0 atom stereocenters. The Morgan fingerprint density at radius 1 is 1.33 bits per heavy atom. The molecule has 3 heteroatoms. The molecule has 1 amide bonds. The summed E-state index contributed by atoms with van der Waals surface area (Å²) in [4.78, 5) is 11.0. The Kier molecular flexibility index (Phi) is 8.12. The van der Waals surface area contributed by atoms with Gasteiger partial charge in [-0.3, -0.25) is 4.79 Å². The summed E-state index contributed by atoms with van der Waals surface area (Å²) in [6.07, 6.45) is 3.62. The van der Waals surface area contributed by atoms with Crippen molar-refractivity contribution in [1.29, 1.82) is 0 Å². The average molecular weight is 173 g/mol. The molecular weight excluding hydrogens is 154 g/mol. The van der Waals surface area contributed by atoms with Gasteiger partial charge < -0.3 is 10.1 Å². The van der Waals surface area contributed by atoms with Gasteiger partial charge in [-0.05, 0) is 12.8 Å². The predicted octanol–water partition coefficient (Wildman–Crippen LogP) is 1.68. The molecule has 0 aromatic carbocycles. The first kappa shape index (κ1) is 11.4. The summed E-state index contributed by atoms with van der Waals surface area (Å²) in [6.45, 7) is 5.18. The van der Waals surface area contributed by atoms with Crippen LogP contribution in [-0.4, -0.2) is 19.2 Å². The van der Waals surface area contributed by atoms with Crippen LogP contribution in [0.1, 0.15) is 39.5 Å². The van der Waals surface area contributed by atoms with Crippen LogP contribution in [0.2, 0.25) is 0 Å². The second-order valence-corrected chi connectivity index (χ2v) is 2.76. The monoisotopic (exact) mass is 173 g/mol. The smallest absolute Gasteiger partial charge is 0.221 e. The molecule has 0 saturated heterocycles. The van der Waals surface area contributed by atoms with Crippen LogP contribution in [0.4, 0.5) is 0 Å². The van der Waals surface area contributed by atoms with Gasteiger partial charge in [-0.15, -0.1) is 0 Å². The number of ether oxygens (including phenoxy) is 1. The summed E-state index contributed by atoms with van der Waals surface area (Å²) < 4.78 is 5.10. The van der Waals surface area contributed by atoms with Crippen molar-refractivity contribution < 1.29 is 9.53 Å². The van der Waals surface area contributed by atoms with E-state index in [1.807, 2.05) is 6.92 Å². The largest absolute Gasteiger partial charge is 0.361 e. The van der Waals surface area contributed by atoms with Crippen molar-refractivity contribution >= 4 is 5.91 Å². The van der Waals surface area contributed by atoms with Crippen molar-refractivity contribution in [2.75, 3.05) is 13.3 Å². The van der Waals surface area contributed by atoms with E-state index in [-0.39, 0.29) is 5.91 Å². The standard InChI is InChI=1S/C9H19NO2/c1-3-5-6-9(11)10-8-12-7-4-2/h3-8H2,1-2H3,(H,10,11). The Balaban J connectivity index is 3.08. The second kappa shape index (κ2) is 8.53. The third kappa shape index (κ3) is 7.54. The van der Waals surface area contributed by atoms with Gasteiger partial charge in [0.2, 0.25) is 5.91 Å². The Morgan fingerprint density at radius 2 is 2.08 bits per heavy atom. The summed E-state index contributed by atoms with van der Waals surface area (Å²) in [7, 11) is 0. The van der Waals surface area contributed by atoms with Crippen LogP contribution in [0.5, 0.6) is 0 Å². The average Bonchev–Trinajstić information content (AvgIpc) is 2.09. The molecule has 0 aromatic rings. The van der Waals surface area contributed by atoms with Crippen molar-refractivity contribution in [1.82, 2.24) is 5.32 Å². The van der Waals surface area contributed by atoms with Gasteiger partial charge in [0.05, 0.1) is 0 Å². The van der Waals surface area contributed by atoms with Gasteiger partial charge in [0.1, 0.15) is 6.73 Å². The molecule has 0 aliphatic carbocycles. The first-order valence-electron chi connectivity index (χ1n) is 4.65. The normalized spacial score (nSPS) is 9.83. The molecule has 0 spiro atoms. The van der Waals surface area contributed by atoms with Crippen LogP contribution in [0.25, 0.3) is 0 Å². The maximum absolute atomic E-state index is 11.0. The van der Waals surface area contributed by atoms with Crippen molar-refractivity contribution in [3.8, 4) is 0 Å². The summed E-state index contributed by atoms with van der Waals surface area (Å²) in [5.41, 5.74) is 0. The van der Waals surface area contributed by atoms with E-state index in [4.69, 9.17) is 4.74 Å². The lowest BCUT2D eigenvalue weighted by molar-refractivity contribution is -0.122. The highest BCUT2D eigenvalue weighted by molar-refractivity contribution is 5.75. The van der Waals surface area contributed by atoms with Gasteiger partial charge in [-0.25, -0.2) is 0 Å². The van der Waals surface area contributed by atoms with Gasteiger partial charge >= 0.3 is 0 Å². The lowest BCUT2D eigenvalue weighted by Gasteiger charge is -2.04. The molecule has 0 radical (unpaired) electrons. The molecule has 1 N–H and O–H groups in total. The number of carbonyl (C=O) groups excluding carboxylic acids is 1. The third-order valence-corrected chi connectivity index (χ3v) is 1.48. The van der Waals surface area contributed by atoms with Crippen LogP contribution >= 0.6 is 0 Å². The molecule has 72 valence electrons. The molecule has 0 bridgehead atoms. The number of rotatable bonds is 7. The number of carbonyl (C=O) groups is 1. The number of hydrogen-bond acceptors (Lipinski definition) is 2. The number of unbranched alkanes of at least 4 members (excludes halogenated alkanes) is 1. The first-order chi connectivity index (χ1) is 5.81. The van der Waals surface area contributed by atoms with Gasteiger partial charge in [0, 0.05) is 13.0 Å². The minimum atomic E-state index is 0.0907. The van der Waals surface area contributed by atoms with E-state index in [2.05, 4.69) is 12.2 Å². The molecule has 0 saturated carbocycles. The lowest BCUT2D eigenvalue weighted by Crippen LogP contribution is -2.25. The van der Waals surface area contributed by atoms with E-state index in [1.165, 1.54) is 0 Å². The zero-order valence-electron chi connectivity index (χ0n) is 8.06. The van der Waals surface area contributed by atoms with Crippen molar-refractivity contribution in [2.45, 2.75) is 39.5 Å². The quantitative estimate of drug-likeness (QED) is 0.470. The summed E-state index contributed by atoms with van der Waals surface area (Å²) in [5.74, 6) is 0.0907. The van der Waals surface area contributed by atoms with Crippen molar-refractivity contribution in [3.05, 3.63) is 0 Å². The number of amides is 1. The van der Waals surface area contributed by atoms with Gasteiger partial charge in [0.15, 0.2) is 0 Å². The fraction of sp³-hybridized carbons (Fsp3) is 0.889. The van der Waals surface area contributed by atoms with Crippen LogP contribution in [0, 0.1) is 0 Å². The van der Waals surface area contributed by atoms with E-state index in [0.29, 0.717) is 19.8 Å². The summed E-state index contributed by atoms with van der Waals surface area (Å²) in [5, 5.41) is 2.69. The van der Waals surface area contributed by atoms with E-state index >= 15 is 0 Å². The van der Waals surface area contributed by atoms with Crippen LogP contribution in [0.15, 0.2) is 0 Å². The fourth-order valence-corrected chi connectivity index (χ4v) is 0.774. The maximum Gasteiger partial charge on any atom is 0.221 e. The summed E-state index contributed by atoms with van der Waals surface area (Å²) >= 11 is 0. The molecule has 0 heterocycles. The summed E-state index contributed by atoms with van der Waals surface area (Å²) in [6, 6.07) is 0. The second-order valence-electron chi connectivity index (χ2n) is 2.76. The first-order valence-corrected chi connectivity index (χ1v) is 4.65. The zero-order chi connectivity index (χ0) is 9.23. The van der Waals surface area contributed by atoms with Gasteiger partial charge in [-0.1, -0.05) is 20.3 Å². The number of nitrogens with one attached hydrogen (secondary N) is 1. The maximum atomic E-state index is 11.0. The molecule has 0 fully saturated rings. The highest BCUT2D eigenvalue weighted by Gasteiger charge is 1.97. The minimum Gasteiger partial charge on any atom is -0.361 e. The molecular formula is C9H19NO2. The molecule has 0 unspecified atom stereocenters. The Bertz CT molecular complexity index is 115. The highest BCUT2D eigenvalue weighted by atomic mass is 16.5. The van der Waals surface area contributed by atoms with E-state index < -0.39 is 0 Å². The molecule has 0 aromatic heterocycles. The van der Waals surface area contributed by atoms with Crippen molar-refractivity contribution in [3.63, 3.8) is 0 Å². The predicted molar refractivity (Wildman–Crippen MR) is 48.8 cm³/mol. The Labute approximate surface area is 74.5 Å². The zero-order valence-corrected chi connectivity index (χ0v) is 8.06.